The molecule has 0 aliphatic carbocycles. The Hall–Kier alpha value is -1.44. The summed E-state index contributed by atoms with van der Waals surface area (Å²) in [6, 6.07) is 3.53. The van der Waals surface area contributed by atoms with Crippen LogP contribution in [0.25, 0.3) is 0 Å². The molecule has 0 saturated carbocycles. The van der Waals surface area contributed by atoms with Gasteiger partial charge in [0, 0.05) is 26.2 Å². The Morgan fingerprint density at radius 3 is 2.47 bits per heavy atom. The molecule has 1 fully saturated rings. The van der Waals surface area contributed by atoms with E-state index in [4.69, 9.17) is 10.0 Å². The van der Waals surface area contributed by atoms with Gasteiger partial charge >= 0.3 is 7.12 Å². The van der Waals surface area contributed by atoms with E-state index in [0.29, 0.717) is 13.1 Å². The van der Waals surface area contributed by atoms with Gasteiger partial charge in [-0.2, -0.15) is 0 Å². The summed E-state index contributed by atoms with van der Waals surface area (Å²) in [5, 5.41) is 18.1. The molecule has 7 heteroatoms. The first-order valence-corrected chi connectivity index (χ1v) is 6.12. The van der Waals surface area contributed by atoms with Crippen LogP contribution in [0.4, 0.5) is 4.39 Å². The van der Waals surface area contributed by atoms with Crippen LogP contribution in [0.3, 0.4) is 0 Å². The van der Waals surface area contributed by atoms with E-state index in [-0.39, 0.29) is 11.0 Å². The predicted molar refractivity (Wildman–Crippen MR) is 69.6 cm³/mol. The largest absolute Gasteiger partial charge is 0.488 e. The molecule has 1 aliphatic heterocycles. The predicted octanol–water partition coefficient (Wildman–Crippen LogP) is -1.11. The van der Waals surface area contributed by atoms with Crippen molar-refractivity contribution in [3.63, 3.8) is 0 Å². The summed E-state index contributed by atoms with van der Waals surface area (Å²) in [4.78, 5) is 15.9. The summed E-state index contributed by atoms with van der Waals surface area (Å²) in [6.45, 7) is 2.58. The summed E-state index contributed by atoms with van der Waals surface area (Å²) < 4.78 is 13.7. The fraction of sp³-hybridized carbons (Fsp3) is 0.417. The maximum atomic E-state index is 13.7. The van der Waals surface area contributed by atoms with Crippen molar-refractivity contribution in [1.82, 2.24) is 9.80 Å². The van der Waals surface area contributed by atoms with E-state index in [1.54, 1.807) is 4.90 Å². The molecule has 0 bridgehead atoms. The van der Waals surface area contributed by atoms with Crippen LogP contribution in [0.1, 0.15) is 10.4 Å². The van der Waals surface area contributed by atoms with E-state index < -0.39 is 18.8 Å². The highest BCUT2D eigenvalue weighted by Crippen LogP contribution is 2.11. The van der Waals surface area contributed by atoms with Gasteiger partial charge in [0.25, 0.3) is 5.91 Å². The first kappa shape index (κ1) is 14.0. The minimum Gasteiger partial charge on any atom is -0.423 e. The highest BCUT2D eigenvalue weighted by Gasteiger charge is 2.24. The smallest absolute Gasteiger partial charge is 0.423 e. The molecule has 1 amide bonds. The van der Waals surface area contributed by atoms with Crippen molar-refractivity contribution < 1.29 is 19.2 Å². The Morgan fingerprint density at radius 1 is 1.26 bits per heavy atom. The maximum absolute atomic E-state index is 13.7. The molecule has 0 spiro atoms. The number of piperazine rings is 1. The number of benzene rings is 1. The van der Waals surface area contributed by atoms with Crippen molar-refractivity contribution in [2.45, 2.75) is 0 Å². The van der Waals surface area contributed by atoms with Gasteiger partial charge in [0.15, 0.2) is 0 Å². The van der Waals surface area contributed by atoms with E-state index in [1.807, 2.05) is 7.05 Å². The Morgan fingerprint density at radius 2 is 1.89 bits per heavy atom. The fourth-order valence-corrected chi connectivity index (χ4v) is 2.05. The van der Waals surface area contributed by atoms with Crippen LogP contribution in [0.15, 0.2) is 18.2 Å². The lowest BCUT2D eigenvalue weighted by atomic mass is 9.79. The lowest BCUT2D eigenvalue weighted by Gasteiger charge is -2.32. The van der Waals surface area contributed by atoms with Crippen molar-refractivity contribution in [1.29, 1.82) is 0 Å². The van der Waals surface area contributed by atoms with E-state index in [2.05, 4.69) is 4.90 Å². The summed E-state index contributed by atoms with van der Waals surface area (Å²) in [5.41, 5.74) is -0.00553. The number of carbonyl (C=O) groups excluding carboxylic acids is 1. The monoisotopic (exact) mass is 266 g/mol. The molecule has 1 heterocycles. The molecule has 0 radical (unpaired) electrons. The minimum atomic E-state index is -1.71. The van der Waals surface area contributed by atoms with Crippen LogP contribution in [0.2, 0.25) is 0 Å². The molecule has 1 aromatic rings. The molecule has 19 heavy (non-hydrogen) atoms. The zero-order valence-electron chi connectivity index (χ0n) is 10.7. The number of halogens is 1. The maximum Gasteiger partial charge on any atom is 0.488 e. The van der Waals surface area contributed by atoms with Crippen molar-refractivity contribution in [2.75, 3.05) is 33.2 Å². The number of likely N-dealkylation sites (N-methyl/N-ethyl adjacent to an activating group) is 1. The molecule has 0 unspecified atom stereocenters. The normalized spacial score (nSPS) is 16.5. The van der Waals surface area contributed by atoms with Gasteiger partial charge in [-0.1, -0.05) is 6.07 Å². The lowest BCUT2D eigenvalue weighted by Crippen LogP contribution is -2.47. The molecule has 1 aliphatic rings. The number of nitrogens with zero attached hydrogens (tertiary/aromatic N) is 2. The van der Waals surface area contributed by atoms with Gasteiger partial charge in [-0.25, -0.2) is 4.39 Å². The standard InChI is InChI=1S/C12H16BFN2O3/c1-15-4-6-16(7-5-15)12(17)10-8-9(13(18)19)2-3-11(10)14/h2-3,8,18-19H,4-7H2,1H3. The first-order valence-electron chi connectivity index (χ1n) is 6.12. The average molecular weight is 266 g/mol. The molecule has 2 rings (SSSR count). The minimum absolute atomic E-state index is 0.110. The molecule has 1 saturated heterocycles. The number of hydrogen-bond acceptors (Lipinski definition) is 4. The Labute approximate surface area is 111 Å². The van der Waals surface area contributed by atoms with Crippen molar-refractivity contribution in [3.05, 3.63) is 29.6 Å². The Bertz CT molecular complexity index is 476. The van der Waals surface area contributed by atoms with Gasteiger partial charge < -0.3 is 19.8 Å². The van der Waals surface area contributed by atoms with Gasteiger partial charge in [0.05, 0.1) is 5.56 Å². The molecule has 5 nitrogen and oxygen atoms in total. The number of amides is 1. The zero-order chi connectivity index (χ0) is 14.0. The summed E-state index contributed by atoms with van der Waals surface area (Å²) >= 11 is 0. The van der Waals surface area contributed by atoms with E-state index in [0.717, 1.165) is 19.2 Å². The Kier molecular flexibility index (Phi) is 4.19. The van der Waals surface area contributed by atoms with Crippen molar-refractivity contribution >= 4 is 18.5 Å². The van der Waals surface area contributed by atoms with Gasteiger partial charge in [-0.15, -0.1) is 0 Å². The summed E-state index contributed by atoms with van der Waals surface area (Å²) in [6.07, 6.45) is 0. The average Bonchev–Trinajstić information content (AvgIpc) is 2.39. The number of hydrogen-bond donors (Lipinski definition) is 2. The van der Waals surface area contributed by atoms with Crippen LogP contribution < -0.4 is 5.46 Å². The highest BCUT2D eigenvalue weighted by atomic mass is 19.1. The SMILES string of the molecule is CN1CCN(C(=O)c2cc(B(O)O)ccc2F)CC1. The van der Waals surface area contributed by atoms with Crippen LogP contribution in [-0.2, 0) is 0 Å². The molecule has 0 atom stereocenters. The van der Waals surface area contributed by atoms with E-state index >= 15 is 0 Å². The van der Waals surface area contributed by atoms with E-state index in [9.17, 15) is 9.18 Å². The fourth-order valence-electron chi connectivity index (χ4n) is 2.05. The molecule has 1 aromatic carbocycles. The Balaban J connectivity index is 2.20. The van der Waals surface area contributed by atoms with Gasteiger partial charge in [0.1, 0.15) is 5.82 Å². The lowest BCUT2D eigenvalue weighted by molar-refractivity contribution is 0.0659. The van der Waals surface area contributed by atoms with Crippen molar-refractivity contribution in [2.24, 2.45) is 0 Å². The first-order chi connectivity index (χ1) is 8.99. The quantitative estimate of drug-likeness (QED) is 0.666. The van der Waals surface area contributed by atoms with E-state index in [1.165, 1.54) is 12.1 Å². The van der Waals surface area contributed by atoms with Crippen LogP contribution in [0, 0.1) is 5.82 Å². The number of rotatable bonds is 2. The molecular formula is C12H16BFN2O3. The second-order valence-corrected chi connectivity index (χ2v) is 4.71. The third-order valence-electron chi connectivity index (χ3n) is 3.31. The molecule has 102 valence electrons. The molecule has 0 aromatic heterocycles. The van der Waals surface area contributed by atoms with Crippen LogP contribution >= 0.6 is 0 Å². The second kappa shape index (κ2) is 5.69. The summed E-state index contributed by atoms with van der Waals surface area (Å²) in [7, 11) is 0.255. The zero-order valence-corrected chi connectivity index (χ0v) is 10.7. The molecular weight excluding hydrogens is 250 g/mol. The van der Waals surface area contributed by atoms with Crippen LogP contribution in [-0.4, -0.2) is 66.1 Å². The third-order valence-corrected chi connectivity index (χ3v) is 3.31. The highest BCUT2D eigenvalue weighted by molar-refractivity contribution is 6.58. The third kappa shape index (κ3) is 3.12. The second-order valence-electron chi connectivity index (χ2n) is 4.71. The number of carbonyl (C=O) groups is 1. The summed E-state index contributed by atoms with van der Waals surface area (Å²) in [5.74, 6) is -1.05. The van der Waals surface area contributed by atoms with Gasteiger partial charge in [0.2, 0.25) is 0 Å². The van der Waals surface area contributed by atoms with Gasteiger partial charge in [-0.3, -0.25) is 4.79 Å². The van der Waals surface area contributed by atoms with Crippen LogP contribution in [0.5, 0.6) is 0 Å². The topological polar surface area (TPSA) is 64.0 Å². The van der Waals surface area contributed by atoms with Gasteiger partial charge in [-0.05, 0) is 24.6 Å². The van der Waals surface area contributed by atoms with Crippen molar-refractivity contribution in [3.8, 4) is 0 Å². The molecule has 2 N–H and O–H groups in total.